The van der Waals surface area contributed by atoms with Gasteiger partial charge >= 0.3 is 0 Å². The van der Waals surface area contributed by atoms with Gasteiger partial charge in [-0.05, 0) is 57.5 Å². The molecule has 0 atom stereocenters. The van der Waals surface area contributed by atoms with Gasteiger partial charge in [-0.15, -0.1) is 15.0 Å². The van der Waals surface area contributed by atoms with Crippen molar-refractivity contribution in [2.24, 2.45) is 0 Å². The molecule has 7 nitrogen and oxygen atoms in total. The van der Waals surface area contributed by atoms with E-state index in [9.17, 15) is 0 Å². The summed E-state index contributed by atoms with van der Waals surface area (Å²) in [5, 5.41) is 19.7. The summed E-state index contributed by atoms with van der Waals surface area (Å²) in [5.41, 5.74) is 11.2. The van der Waals surface area contributed by atoms with E-state index in [2.05, 4.69) is 146 Å². The highest BCUT2D eigenvalue weighted by molar-refractivity contribution is 5.80. The minimum atomic E-state index is -0.847. The molecule has 8 rings (SSSR count). The number of tetrazole rings is 1. The van der Waals surface area contributed by atoms with E-state index in [1.807, 2.05) is 42.5 Å². The summed E-state index contributed by atoms with van der Waals surface area (Å²) in [5.74, 6) is 0.562. The molecule has 0 bridgehead atoms. The number of benzene rings is 6. The van der Waals surface area contributed by atoms with Crippen molar-refractivity contribution in [2.75, 3.05) is 0 Å². The van der Waals surface area contributed by atoms with Crippen LogP contribution in [0.15, 0.2) is 170 Å². The number of nitrogens with zero attached hydrogens (tertiary/aromatic N) is 6. The normalized spacial score (nSPS) is 11.5. The van der Waals surface area contributed by atoms with Gasteiger partial charge in [0.1, 0.15) is 0 Å². The topological polar surface area (TPSA) is 70.7 Å². The van der Waals surface area contributed by atoms with E-state index in [-0.39, 0.29) is 0 Å². The minimum Gasteiger partial charge on any atom is -0.370 e. The fourth-order valence-electron chi connectivity index (χ4n) is 7.69. The fraction of sp³-hybridized carbons (Fsp3) is 0.167. The number of ether oxygens (including phenoxy) is 1. The first-order valence-electron chi connectivity index (χ1n) is 19.0. The lowest BCUT2D eigenvalue weighted by Crippen LogP contribution is -2.39. The van der Waals surface area contributed by atoms with Gasteiger partial charge in [0.25, 0.3) is 0 Å². The lowest BCUT2D eigenvalue weighted by atomic mass is 9.77. The maximum atomic E-state index is 6.18. The van der Waals surface area contributed by atoms with Crippen molar-refractivity contribution in [1.29, 1.82) is 0 Å². The molecule has 2 aromatic heterocycles. The van der Waals surface area contributed by atoms with Gasteiger partial charge in [-0.25, -0.2) is 0 Å². The van der Waals surface area contributed by atoms with E-state index in [0.29, 0.717) is 19.0 Å². The zero-order valence-corrected chi connectivity index (χ0v) is 31.3. The summed E-state index contributed by atoms with van der Waals surface area (Å²) in [6, 6.07) is 58.7. The molecule has 0 aliphatic rings. The van der Waals surface area contributed by atoms with Crippen molar-refractivity contribution in [1.82, 2.24) is 30.0 Å². The Balaban J connectivity index is 1.12. The van der Waals surface area contributed by atoms with E-state index in [0.717, 1.165) is 64.0 Å². The van der Waals surface area contributed by atoms with Gasteiger partial charge in [0.15, 0.2) is 5.54 Å². The van der Waals surface area contributed by atoms with Crippen LogP contribution in [0.1, 0.15) is 58.6 Å². The molecule has 0 aliphatic heterocycles. The Morgan fingerprint density at radius 3 is 1.65 bits per heavy atom. The van der Waals surface area contributed by atoms with Gasteiger partial charge in [0.05, 0.1) is 18.9 Å². The Bertz CT molecular complexity index is 2340. The monoisotopic (exact) mass is 720 g/mol. The highest BCUT2D eigenvalue weighted by atomic mass is 16.5. The molecule has 0 N–H and O–H groups in total. The quantitative estimate of drug-likeness (QED) is 0.105. The van der Waals surface area contributed by atoms with E-state index >= 15 is 0 Å². The lowest BCUT2D eigenvalue weighted by molar-refractivity contribution is 0.103. The minimum absolute atomic E-state index is 0.476. The number of aryl methyl sites for hydroxylation is 1. The molecule has 2 heterocycles. The molecule has 0 radical (unpaired) electrons. The van der Waals surface area contributed by atoms with Crippen molar-refractivity contribution in [3.8, 4) is 22.5 Å². The van der Waals surface area contributed by atoms with Crippen molar-refractivity contribution in [2.45, 2.75) is 52.0 Å². The predicted octanol–water partition coefficient (Wildman–Crippen LogP) is 9.93. The molecule has 7 heteroatoms. The summed E-state index contributed by atoms with van der Waals surface area (Å²) in [4.78, 5) is 1.78. The molecular formula is C48H44N6O. The summed E-state index contributed by atoms with van der Waals surface area (Å²) < 4.78 is 8.31. The molecule has 0 spiro atoms. The lowest BCUT2D eigenvalue weighted by Gasteiger charge is -2.34. The highest BCUT2D eigenvalue weighted by Crippen LogP contribution is 2.40. The third-order valence-corrected chi connectivity index (χ3v) is 10.3. The van der Waals surface area contributed by atoms with Crippen LogP contribution >= 0.6 is 0 Å². The van der Waals surface area contributed by atoms with Crippen LogP contribution in [0, 0.1) is 0 Å². The summed E-state index contributed by atoms with van der Waals surface area (Å²) >= 11 is 0. The molecule has 0 saturated carbocycles. The van der Waals surface area contributed by atoms with Crippen LogP contribution in [0.2, 0.25) is 0 Å². The smallest absolute Gasteiger partial charge is 0.205 e. The van der Waals surface area contributed by atoms with Gasteiger partial charge < -0.3 is 4.74 Å². The summed E-state index contributed by atoms with van der Waals surface area (Å²) in [6.45, 7) is 6.21. The average Bonchev–Trinajstić information content (AvgIpc) is 3.88. The Morgan fingerprint density at radius 1 is 0.545 bits per heavy atom. The van der Waals surface area contributed by atoms with E-state index < -0.39 is 5.54 Å². The number of aromatic nitrogens is 6. The maximum Gasteiger partial charge on any atom is 0.205 e. The number of hydrogen-bond donors (Lipinski definition) is 0. The van der Waals surface area contributed by atoms with Gasteiger partial charge in [-0.2, -0.15) is 5.10 Å². The molecule has 272 valence electrons. The van der Waals surface area contributed by atoms with Crippen LogP contribution in [0.3, 0.4) is 0 Å². The largest absolute Gasteiger partial charge is 0.370 e. The van der Waals surface area contributed by atoms with Gasteiger partial charge in [0, 0.05) is 29.8 Å². The number of rotatable bonds is 14. The molecular weight excluding hydrogens is 677 g/mol. The van der Waals surface area contributed by atoms with Gasteiger partial charge in [-0.1, -0.05) is 177 Å². The zero-order chi connectivity index (χ0) is 37.5. The van der Waals surface area contributed by atoms with Crippen molar-refractivity contribution in [3.05, 3.63) is 215 Å². The molecule has 6 aromatic carbocycles. The standard InChI is InChI=1S/C48H44N6O/c1-3-46-44(45(50-53(46)4-2)35-55-34-37-19-9-5-10-20-37)33-36-29-31-38(32-30-36)42-27-17-18-28-43(42)47-49-52-54(51-47)48(39-21-11-6-12-22-39,40-23-13-7-14-24-40)41-25-15-8-16-26-41/h5-32H,3-4,33-35H2,1-2H3. The first-order valence-corrected chi connectivity index (χ1v) is 19.0. The Kier molecular flexibility index (Phi) is 10.5. The predicted molar refractivity (Wildman–Crippen MR) is 218 cm³/mol. The first kappa shape index (κ1) is 35.6. The van der Waals surface area contributed by atoms with Crippen LogP contribution < -0.4 is 0 Å². The van der Waals surface area contributed by atoms with E-state index in [4.69, 9.17) is 25.2 Å². The Morgan fingerprint density at radius 2 is 1.09 bits per heavy atom. The molecule has 0 aliphatic carbocycles. The molecule has 0 fully saturated rings. The molecule has 0 saturated heterocycles. The van der Waals surface area contributed by atoms with Gasteiger partial charge in [-0.3, -0.25) is 4.68 Å². The van der Waals surface area contributed by atoms with Gasteiger partial charge in [0.2, 0.25) is 5.82 Å². The zero-order valence-electron chi connectivity index (χ0n) is 31.3. The van der Waals surface area contributed by atoms with Crippen LogP contribution in [0.4, 0.5) is 0 Å². The van der Waals surface area contributed by atoms with Crippen LogP contribution in [0.25, 0.3) is 22.5 Å². The van der Waals surface area contributed by atoms with Crippen LogP contribution in [-0.4, -0.2) is 30.0 Å². The molecule has 0 amide bonds. The van der Waals surface area contributed by atoms with Crippen LogP contribution in [-0.2, 0) is 42.9 Å². The van der Waals surface area contributed by atoms with E-state index in [1.54, 1.807) is 4.80 Å². The Hall–Kier alpha value is -6.44. The van der Waals surface area contributed by atoms with Crippen molar-refractivity contribution < 1.29 is 4.74 Å². The summed E-state index contributed by atoms with van der Waals surface area (Å²) in [7, 11) is 0. The second-order valence-electron chi connectivity index (χ2n) is 13.6. The molecule has 8 aromatic rings. The average molecular weight is 721 g/mol. The van der Waals surface area contributed by atoms with Crippen molar-refractivity contribution in [3.63, 3.8) is 0 Å². The third-order valence-electron chi connectivity index (χ3n) is 10.3. The number of hydrogen-bond acceptors (Lipinski definition) is 5. The second kappa shape index (κ2) is 16.3. The molecule has 55 heavy (non-hydrogen) atoms. The fourth-order valence-corrected chi connectivity index (χ4v) is 7.69. The SMILES string of the molecule is CCc1c(Cc2ccc(-c3ccccc3-c3nnn(C(c4ccccc4)(c4ccccc4)c4ccccc4)n3)cc2)c(COCc2ccccc2)nn1CC. The Labute approximate surface area is 322 Å². The summed E-state index contributed by atoms with van der Waals surface area (Å²) in [6.07, 6.45) is 1.69. The third kappa shape index (κ3) is 7.14. The first-order chi connectivity index (χ1) is 27.2. The second-order valence-corrected chi connectivity index (χ2v) is 13.6. The molecule has 0 unspecified atom stereocenters. The maximum absolute atomic E-state index is 6.18. The van der Waals surface area contributed by atoms with E-state index in [1.165, 1.54) is 16.8 Å². The van der Waals surface area contributed by atoms with Crippen molar-refractivity contribution >= 4 is 0 Å². The van der Waals surface area contributed by atoms with Crippen LogP contribution in [0.5, 0.6) is 0 Å². The highest BCUT2D eigenvalue weighted by Gasteiger charge is 2.41.